The summed E-state index contributed by atoms with van der Waals surface area (Å²) in [5.74, 6) is 0.927. The van der Waals surface area contributed by atoms with Crippen LogP contribution in [0.4, 0.5) is 11.5 Å². The van der Waals surface area contributed by atoms with Gasteiger partial charge in [0.1, 0.15) is 12.1 Å². The normalized spacial score (nSPS) is 12.5. The summed E-state index contributed by atoms with van der Waals surface area (Å²) in [7, 11) is 2.07. The van der Waals surface area contributed by atoms with Crippen LogP contribution in [-0.2, 0) is 6.42 Å². The molecule has 108 valence electrons. The lowest BCUT2D eigenvalue weighted by molar-refractivity contribution is 0.682. The number of thiophene rings is 1. The molecule has 0 aliphatic heterocycles. The third-order valence-electron chi connectivity index (χ3n) is 3.71. The van der Waals surface area contributed by atoms with Gasteiger partial charge in [0.25, 0.3) is 0 Å². The number of benzene rings is 1. The van der Waals surface area contributed by atoms with Gasteiger partial charge in [-0.3, -0.25) is 0 Å². The summed E-state index contributed by atoms with van der Waals surface area (Å²) in [6.07, 6.45) is 2.62. The van der Waals surface area contributed by atoms with Crippen LogP contribution in [0.1, 0.15) is 11.8 Å². The molecule has 0 aliphatic carbocycles. The number of likely N-dealkylation sites (N-methyl/N-ethyl adjacent to an activating group) is 1. The van der Waals surface area contributed by atoms with Crippen LogP contribution < -0.4 is 10.6 Å². The van der Waals surface area contributed by atoms with Crippen LogP contribution in [0.3, 0.4) is 0 Å². The first-order valence-electron chi connectivity index (χ1n) is 6.90. The van der Waals surface area contributed by atoms with Crippen LogP contribution in [0.5, 0.6) is 0 Å². The lowest BCUT2D eigenvalue weighted by atomic mass is 10.1. The fourth-order valence-electron chi connectivity index (χ4n) is 2.41. The number of aromatic nitrogens is 2. The van der Waals surface area contributed by atoms with E-state index in [1.165, 1.54) is 4.88 Å². The molecule has 0 amide bonds. The van der Waals surface area contributed by atoms with Crippen molar-refractivity contribution in [2.45, 2.75) is 19.4 Å². The van der Waals surface area contributed by atoms with E-state index < -0.39 is 0 Å². The molecule has 0 spiro atoms. The Balaban J connectivity index is 1.93. The molecule has 1 unspecified atom stereocenters. The summed E-state index contributed by atoms with van der Waals surface area (Å²) in [5, 5.41) is 3.11. The predicted octanol–water partition coefficient (Wildman–Crippen LogP) is 3.34. The van der Waals surface area contributed by atoms with E-state index in [-0.39, 0.29) is 0 Å². The van der Waals surface area contributed by atoms with Gasteiger partial charge < -0.3 is 10.6 Å². The molecule has 1 aromatic carbocycles. The van der Waals surface area contributed by atoms with Gasteiger partial charge in [-0.25, -0.2) is 9.97 Å². The van der Waals surface area contributed by atoms with Gasteiger partial charge in [0.05, 0.1) is 5.52 Å². The molecule has 0 radical (unpaired) electrons. The van der Waals surface area contributed by atoms with Crippen LogP contribution in [0.2, 0.25) is 0 Å². The Kier molecular flexibility index (Phi) is 3.75. The zero-order valence-electron chi connectivity index (χ0n) is 12.2. The molecule has 5 heteroatoms. The number of nitrogens with two attached hydrogens (primary N) is 1. The summed E-state index contributed by atoms with van der Waals surface area (Å²) in [6.45, 7) is 2.21. The molecule has 0 bridgehead atoms. The summed E-state index contributed by atoms with van der Waals surface area (Å²) < 4.78 is 0. The molecule has 1 atom stereocenters. The van der Waals surface area contributed by atoms with Gasteiger partial charge in [-0.2, -0.15) is 0 Å². The minimum absolute atomic E-state index is 0.350. The SMILES string of the molecule is CC(Cc1cccs1)N(C)c1ncnc2ccc(N)cc12. The van der Waals surface area contributed by atoms with Crippen molar-refractivity contribution >= 4 is 33.7 Å². The van der Waals surface area contributed by atoms with E-state index in [0.29, 0.717) is 6.04 Å². The van der Waals surface area contributed by atoms with Crippen molar-refractivity contribution in [3.8, 4) is 0 Å². The van der Waals surface area contributed by atoms with Gasteiger partial charge in [0.15, 0.2) is 0 Å². The molecule has 3 aromatic rings. The van der Waals surface area contributed by atoms with Crippen molar-refractivity contribution in [3.63, 3.8) is 0 Å². The largest absolute Gasteiger partial charge is 0.399 e. The van der Waals surface area contributed by atoms with Crippen molar-refractivity contribution in [2.24, 2.45) is 0 Å². The third kappa shape index (κ3) is 2.83. The van der Waals surface area contributed by atoms with Crippen LogP contribution in [-0.4, -0.2) is 23.1 Å². The van der Waals surface area contributed by atoms with E-state index >= 15 is 0 Å². The smallest absolute Gasteiger partial charge is 0.139 e. The number of fused-ring (bicyclic) bond motifs is 1. The Morgan fingerprint density at radius 2 is 2.14 bits per heavy atom. The van der Waals surface area contributed by atoms with E-state index in [2.05, 4.69) is 46.4 Å². The standard InChI is InChI=1S/C16H18N4S/c1-11(8-13-4-3-7-21-13)20(2)16-14-9-12(17)5-6-15(14)18-10-19-16/h3-7,9-11H,8,17H2,1-2H3. The third-order valence-corrected chi connectivity index (χ3v) is 4.61. The zero-order chi connectivity index (χ0) is 14.8. The summed E-state index contributed by atoms with van der Waals surface area (Å²) in [5.41, 5.74) is 7.56. The molecule has 0 saturated carbocycles. The first-order valence-corrected chi connectivity index (χ1v) is 7.78. The first-order chi connectivity index (χ1) is 10.1. The molecule has 0 aliphatic rings. The van der Waals surface area contributed by atoms with Gasteiger partial charge in [0.2, 0.25) is 0 Å². The fraction of sp³-hybridized carbons (Fsp3) is 0.250. The van der Waals surface area contributed by atoms with Crippen LogP contribution >= 0.6 is 11.3 Å². The van der Waals surface area contributed by atoms with Crippen LogP contribution in [0.25, 0.3) is 10.9 Å². The molecule has 0 saturated heterocycles. The van der Waals surface area contributed by atoms with Gasteiger partial charge >= 0.3 is 0 Å². The van der Waals surface area contributed by atoms with Gasteiger partial charge in [-0.1, -0.05) is 6.07 Å². The Morgan fingerprint density at radius 1 is 1.29 bits per heavy atom. The first kappa shape index (κ1) is 13.8. The Labute approximate surface area is 128 Å². The van der Waals surface area contributed by atoms with Crippen molar-refractivity contribution in [1.29, 1.82) is 0 Å². The van der Waals surface area contributed by atoms with E-state index in [4.69, 9.17) is 5.73 Å². The van der Waals surface area contributed by atoms with Crippen molar-refractivity contribution in [1.82, 2.24) is 9.97 Å². The van der Waals surface area contributed by atoms with E-state index in [0.717, 1.165) is 28.8 Å². The average molecular weight is 298 g/mol. The van der Waals surface area contributed by atoms with Gasteiger partial charge in [-0.15, -0.1) is 11.3 Å². The van der Waals surface area contributed by atoms with Crippen molar-refractivity contribution < 1.29 is 0 Å². The van der Waals surface area contributed by atoms with E-state index in [1.54, 1.807) is 17.7 Å². The molecular formula is C16H18N4S. The molecule has 3 rings (SSSR count). The highest BCUT2D eigenvalue weighted by Gasteiger charge is 2.15. The molecule has 2 heterocycles. The number of rotatable bonds is 4. The van der Waals surface area contributed by atoms with Gasteiger partial charge in [-0.05, 0) is 36.6 Å². The predicted molar refractivity (Wildman–Crippen MR) is 89.8 cm³/mol. The second-order valence-corrected chi connectivity index (χ2v) is 6.25. The second-order valence-electron chi connectivity index (χ2n) is 5.22. The number of anilines is 2. The minimum atomic E-state index is 0.350. The zero-order valence-corrected chi connectivity index (χ0v) is 13.0. The molecule has 2 N–H and O–H groups in total. The second kappa shape index (κ2) is 5.69. The molecule has 21 heavy (non-hydrogen) atoms. The monoisotopic (exact) mass is 298 g/mol. The molecule has 0 fully saturated rings. The number of hydrogen-bond acceptors (Lipinski definition) is 5. The highest BCUT2D eigenvalue weighted by Crippen LogP contribution is 2.26. The molecule has 2 aromatic heterocycles. The Hall–Kier alpha value is -2.14. The van der Waals surface area contributed by atoms with Crippen LogP contribution in [0, 0.1) is 0 Å². The number of hydrogen-bond donors (Lipinski definition) is 1. The molecule has 4 nitrogen and oxygen atoms in total. The topological polar surface area (TPSA) is 55.0 Å². The number of nitrogen functional groups attached to an aromatic ring is 1. The van der Waals surface area contributed by atoms with E-state index in [9.17, 15) is 0 Å². The van der Waals surface area contributed by atoms with Gasteiger partial charge in [0, 0.05) is 35.5 Å². The maximum Gasteiger partial charge on any atom is 0.139 e. The van der Waals surface area contributed by atoms with Crippen molar-refractivity contribution in [2.75, 3.05) is 17.7 Å². The lowest BCUT2D eigenvalue weighted by Gasteiger charge is -2.26. The quantitative estimate of drug-likeness (QED) is 0.751. The summed E-state index contributed by atoms with van der Waals surface area (Å²) >= 11 is 1.79. The average Bonchev–Trinajstić information content (AvgIpc) is 2.98. The van der Waals surface area contributed by atoms with E-state index in [1.807, 2.05) is 18.2 Å². The fourth-order valence-corrected chi connectivity index (χ4v) is 3.23. The minimum Gasteiger partial charge on any atom is -0.399 e. The van der Waals surface area contributed by atoms with Crippen molar-refractivity contribution in [3.05, 3.63) is 46.9 Å². The summed E-state index contributed by atoms with van der Waals surface area (Å²) in [4.78, 5) is 12.3. The number of nitrogens with zero attached hydrogens (tertiary/aromatic N) is 3. The lowest BCUT2D eigenvalue weighted by Crippen LogP contribution is -2.31. The Morgan fingerprint density at radius 3 is 2.90 bits per heavy atom. The maximum absolute atomic E-state index is 5.91. The maximum atomic E-state index is 5.91. The highest BCUT2D eigenvalue weighted by atomic mass is 32.1. The Bertz CT molecular complexity index is 739. The molecular weight excluding hydrogens is 280 g/mol. The van der Waals surface area contributed by atoms with Crippen LogP contribution in [0.15, 0.2) is 42.0 Å². The highest BCUT2D eigenvalue weighted by molar-refractivity contribution is 7.09. The summed E-state index contributed by atoms with van der Waals surface area (Å²) in [6, 6.07) is 10.4.